The lowest BCUT2D eigenvalue weighted by molar-refractivity contribution is -0.0125. The van der Waals surface area contributed by atoms with Gasteiger partial charge >= 0.3 is 0 Å². The minimum atomic E-state index is -0.534. The van der Waals surface area contributed by atoms with E-state index in [1.807, 2.05) is 0 Å². The number of hydroxylamine groups is 1. The van der Waals surface area contributed by atoms with Crippen molar-refractivity contribution in [1.29, 1.82) is 0 Å². The molecule has 0 unspecified atom stereocenters. The number of nitrogens with zero attached hydrogens (tertiary/aromatic N) is 1. The lowest BCUT2D eigenvalue weighted by Gasteiger charge is -2.10. The number of hydrogen-bond donors (Lipinski definition) is 1. The molecule has 1 N–H and O–H groups in total. The van der Waals surface area contributed by atoms with Gasteiger partial charge in [0.1, 0.15) is 5.82 Å². The van der Waals surface area contributed by atoms with Gasteiger partial charge in [-0.1, -0.05) is 12.8 Å². The van der Waals surface area contributed by atoms with Crippen LogP contribution in [0.25, 0.3) is 0 Å². The number of hydrogen-bond acceptors (Lipinski definition) is 3. The number of amides is 1. The SMILES string of the molecule is O=C(NOC1CCCC1)c1cncc(F)c1. The zero-order valence-electron chi connectivity index (χ0n) is 8.78. The van der Waals surface area contributed by atoms with Crippen LogP contribution in [0.3, 0.4) is 0 Å². The molecule has 0 atom stereocenters. The second-order valence-electron chi connectivity index (χ2n) is 3.85. The molecule has 86 valence electrons. The molecule has 0 bridgehead atoms. The van der Waals surface area contributed by atoms with E-state index < -0.39 is 11.7 Å². The highest BCUT2D eigenvalue weighted by Crippen LogP contribution is 2.19. The Hall–Kier alpha value is -1.49. The summed E-state index contributed by atoms with van der Waals surface area (Å²) >= 11 is 0. The Morgan fingerprint density at radius 1 is 1.44 bits per heavy atom. The molecule has 1 amide bonds. The van der Waals surface area contributed by atoms with Gasteiger partial charge in [-0.15, -0.1) is 0 Å². The first kappa shape index (κ1) is 11.0. The predicted octanol–water partition coefficient (Wildman–Crippen LogP) is 1.82. The van der Waals surface area contributed by atoms with E-state index in [1.165, 1.54) is 6.20 Å². The van der Waals surface area contributed by atoms with Gasteiger partial charge in [0.25, 0.3) is 5.91 Å². The normalized spacial score (nSPS) is 16.3. The van der Waals surface area contributed by atoms with Gasteiger partial charge in [0.05, 0.1) is 17.9 Å². The fourth-order valence-corrected chi connectivity index (χ4v) is 1.74. The Bertz CT molecular complexity index is 378. The van der Waals surface area contributed by atoms with Crippen LogP contribution >= 0.6 is 0 Å². The number of carbonyl (C=O) groups is 1. The average molecular weight is 224 g/mol. The summed E-state index contributed by atoms with van der Waals surface area (Å²) in [4.78, 5) is 20.3. The van der Waals surface area contributed by atoms with Crippen molar-refractivity contribution in [2.45, 2.75) is 31.8 Å². The Kier molecular flexibility index (Phi) is 3.46. The minimum Gasteiger partial charge on any atom is -0.270 e. The molecule has 1 fully saturated rings. The fourth-order valence-electron chi connectivity index (χ4n) is 1.74. The van der Waals surface area contributed by atoms with Gasteiger partial charge in [0.15, 0.2) is 0 Å². The summed E-state index contributed by atoms with van der Waals surface area (Å²) in [6.07, 6.45) is 6.61. The quantitative estimate of drug-likeness (QED) is 0.797. The molecule has 0 spiro atoms. The third kappa shape index (κ3) is 2.76. The molecule has 0 aromatic carbocycles. The number of carbonyl (C=O) groups excluding carboxylic acids is 1. The molecule has 1 saturated carbocycles. The van der Waals surface area contributed by atoms with E-state index in [9.17, 15) is 9.18 Å². The number of rotatable bonds is 3. The summed E-state index contributed by atoms with van der Waals surface area (Å²) in [5.41, 5.74) is 2.49. The van der Waals surface area contributed by atoms with Crippen LogP contribution in [0, 0.1) is 5.82 Å². The predicted molar refractivity (Wildman–Crippen MR) is 55.0 cm³/mol. The van der Waals surface area contributed by atoms with Gasteiger partial charge in [-0.2, -0.15) is 0 Å². The standard InChI is InChI=1S/C11H13FN2O2/c12-9-5-8(6-13-7-9)11(15)14-16-10-3-1-2-4-10/h5-7,10H,1-4H2,(H,14,15). The van der Waals surface area contributed by atoms with E-state index in [4.69, 9.17) is 4.84 Å². The van der Waals surface area contributed by atoms with E-state index in [0.29, 0.717) is 0 Å². The van der Waals surface area contributed by atoms with E-state index in [0.717, 1.165) is 37.9 Å². The monoisotopic (exact) mass is 224 g/mol. The van der Waals surface area contributed by atoms with Gasteiger partial charge < -0.3 is 0 Å². The molecular formula is C11H13FN2O2. The molecule has 4 nitrogen and oxygen atoms in total. The summed E-state index contributed by atoms with van der Waals surface area (Å²) in [5, 5.41) is 0. The van der Waals surface area contributed by atoms with Crippen LogP contribution in [0.15, 0.2) is 18.5 Å². The van der Waals surface area contributed by atoms with Crippen LogP contribution < -0.4 is 5.48 Å². The topological polar surface area (TPSA) is 51.2 Å². The number of pyridine rings is 1. The first-order chi connectivity index (χ1) is 7.75. The summed E-state index contributed by atoms with van der Waals surface area (Å²) < 4.78 is 12.8. The summed E-state index contributed by atoms with van der Waals surface area (Å²) in [5.74, 6) is -0.993. The average Bonchev–Trinajstić information content (AvgIpc) is 2.78. The molecule has 0 aliphatic heterocycles. The maximum atomic E-state index is 12.8. The van der Waals surface area contributed by atoms with Crippen molar-refractivity contribution >= 4 is 5.91 Å². The number of aromatic nitrogens is 1. The molecule has 1 aliphatic rings. The van der Waals surface area contributed by atoms with Crippen molar-refractivity contribution in [3.8, 4) is 0 Å². The van der Waals surface area contributed by atoms with Crippen molar-refractivity contribution in [1.82, 2.24) is 10.5 Å². The number of nitrogens with one attached hydrogen (secondary N) is 1. The van der Waals surface area contributed by atoms with Gasteiger partial charge in [-0.05, 0) is 18.9 Å². The molecule has 2 rings (SSSR count). The molecule has 1 heterocycles. The molecule has 5 heteroatoms. The van der Waals surface area contributed by atoms with Crippen molar-refractivity contribution in [3.05, 3.63) is 29.8 Å². The lowest BCUT2D eigenvalue weighted by Crippen LogP contribution is -2.28. The largest absolute Gasteiger partial charge is 0.276 e. The third-order valence-electron chi connectivity index (χ3n) is 2.59. The second kappa shape index (κ2) is 5.03. The van der Waals surface area contributed by atoms with Crippen molar-refractivity contribution < 1.29 is 14.0 Å². The zero-order chi connectivity index (χ0) is 11.4. The van der Waals surface area contributed by atoms with Crippen LogP contribution in [-0.4, -0.2) is 17.0 Å². The maximum Gasteiger partial charge on any atom is 0.276 e. The molecular weight excluding hydrogens is 211 g/mol. The summed E-state index contributed by atoms with van der Waals surface area (Å²) in [6, 6.07) is 1.13. The van der Waals surface area contributed by atoms with Crippen LogP contribution in [0.5, 0.6) is 0 Å². The zero-order valence-corrected chi connectivity index (χ0v) is 8.78. The Labute approximate surface area is 92.8 Å². The van der Waals surface area contributed by atoms with Gasteiger partial charge in [0, 0.05) is 6.20 Å². The van der Waals surface area contributed by atoms with E-state index >= 15 is 0 Å². The van der Waals surface area contributed by atoms with E-state index in [2.05, 4.69) is 10.5 Å². The van der Waals surface area contributed by atoms with Crippen LogP contribution in [0.1, 0.15) is 36.0 Å². The molecule has 1 aliphatic carbocycles. The fraction of sp³-hybridized carbons (Fsp3) is 0.455. The minimum absolute atomic E-state index is 0.0884. The van der Waals surface area contributed by atoms with Gasteiger partial charge in [-0.3, -0.25) is 14.6 Å². The Morgan fingerprint density at radius 3 is 2.88 bits per heavy atom. The summed E-state index contributed by atoms with van der Waals surface area (Å²) in [7, 11) is 0. The highest BCUT2D eigenvalue weighted by molar-refractivity contribution is 5.93. The molecule has 1 aromatic rings. The van der Waals surface area contributed by atoms with Crippen LogP contribution in [0.2, 0.25) is 0 Å². The maximum absolute atomic E-state index is 12.8. The Balaban J connectivity index is 1.87. The van der Waals surface area contributed by atoms with E-state index in [-0.39, 0.29) is 11.7 Å². The van der Waals surface area contributed by atoms with Gasteiger partial charge in [-0.25, -0.2) is 9.87 Å². The van der Waals surface area contributed by atoms with Crippen LogP contribution in [0.4, 0.5) is 4.39 Å². The first-order valence-corrected chi connectivity index (χ1v) is 5.32. The lowest BCUT2D eigenvalue weighted by atomic mass is 10.3. The highest BCUT2D eigenvalue weighted by atomic mass is 19.1. The Morgan fingerprint density at radius 2 is 2.19 bits per heavy atom. The van der Waals surface area contributed by atoms with Crippen molar-refractivity contribution in [3.63, 3.8) is 0 Å². The molecule has 0 radical (unpaired) electrons. The second-order valence-corrected chi connectivity index (χ2v) is 3.85. The molecule has 0 saturated heterocycles. The third-order valence-corrected chi connectivity index (χ3v) is 2.59. The van der Waals surface area contributed by atoms with E-state index in [1.54, 1.807) is 0 Å². The first-order valence-electron chi connectivity index (χ1n) is 5.32. The highest BCUT2D eigenvalue weighted by Gasteiger charge is 2.17. The van der Waals surface area contributed by atoms with Crippen LogP contribution in [-0.2, 0) is 4.84 Å². The molecule has 16 heavy (non-hydrogen) atoms. The van der Waals surface area contributed by atoms with Crippen molar-refractivity contribution in [2.24, 2.45) is 0 Å². The molecule has 1 aromatic heterocycles. The van der Waals surface area contributed by atoms with Crippen molar-refractivity contribution in [2.75, 3.05) is 0 Å². The number of halogens is 1. The smallest absolute Gasteiger partial charge is 0.270 e. The van der Waals surface area contributed by atoms with Gasteiger partial charge in [0.2, 0.25) is 0 Å². The summed E-state index contributed by atoms with van der Waals surface area (Å²) in [6.45, 7) is 0.